The minimum atomic E-state index is -0.734. The first-order valence-corrected chi connectivity index (χ1v) is 8.61. The topological polar surface area (TPSA) is 65.2 Å². The Balaban J connectivity index is 1.78. The van der Waals surface area contributed by atoms with Crippen LogP contribution in [0, 0.1) is 0 Å². The van der Waals surface area contributed by atoms with Crippen LogP contribution in [0.1, 0.15) is 22.9 Å². The van der Waals surface area contributed by atoms with Gasteiger partial charge < -0.3 is 10.5 Å². The molecule has 0 aliphatic carbocycles. The van der Waals surface area contributed by atoms with Crippen LogP contribution in [0.5, 0.6) is 0 Å². The van der Waals surface area contributed by atoms with Crippen molar-refractivity contribution in [2.75, 3.05) is 0 Å². The van der Waals surface area contributed by atoms with E-state index in [1.807, 2.05) is 66.0 Å². The Morgan fingerprint density at radius 2 is 1.62 bits per heavy atom. The van der Waals surface area contributed by atoms with Gasteiger partial charge in [0.1, 0.15) is 6.04 Å². The summed E-state index contributed by atoms with van der Waals surface area (Å²) in [6.45, 7) is 0. The first kappa shape index (κ1) is 16.4. The summed E-state index contributed by atoms with van der Waals surface area (Å²) >= 11 is 1.48. The number of benzene rings is 2. The van der Waals surface area contributed by atoms with E-state index in [0.29, 0.717) is 6.42 Å². The lowest BCUT2D eigenvalue weighted by Crippen LogP contribution is -2.35. The van der Waals surface area contributed by atoms with Gasteiger partial charge in [-0.25, -0.2) is 4.98 Å². The molecule has 0 fully saturated rings. The molecule has 122 valence electrons. The van der Waals surface area contributed by atoms with Crippen molar-refractivity contribution >= 4 is 17.3 Å². The average molecular weight is 338 g/mol. The van der Waals surface area contributed by atoms with Crippen LogP contribution < -0.4 is 5.73 Å². The Labute approximate surface area is 144 Å². The lowest BCUT2D eigenvalue weighted by atomic mass is 10.0. The number of carbonyl (C=O) groups excluding carboxylic acids is 1. The fourth-order valence-corrected chi connectivity index (χ4v) is 3.01. The zero-order valence-electron chi connectivity index (χ0n) is 13.0. The van der Waals surface area contributed by atoms with E-state index in [-0.39, 0.29) is 0 Å². The molecule has 0 bridgehead atoms. The van der Waals surface area contributed by atoms with Crippen molar-refractivity contribution in [3.63, 3.8) is 0 Å². The molecule has 5 heteroatoms. The standard InChI is InChI=1S/C19H18N2O2S/c20-17(11-16-12-24-13-21-16)19(22)23-18(14-7-3-1-4-8-14)15-9-5-2-6-10-15/h1-10,12-13,17-18H,11,20H2. The van der Waals surface area contributed by atoms with Gasteiger partial charge in [-0.1, -0.05) is 60.7 Å². The van der Waals surface area contributed by atoms with Crippen LogP contribution in [-0.2, 0) is 16.0 Å². The number of aromatic nitrogens is 1. The molecule has 0 saturated heterocycles. The molecule has 0 amide bonds. The third-order valence-electron chi connectivity index (χ3n) is 3.65. The number of ether oxygens (including phenoxy) is 1. The van der Waals surface area contributed by atoms with Crippen molar-refractivity contribution in [2.24, 2.45) is 5.73 Å². The highest BCUT2D eigenvalue weighted by Crippen LogP contribution is 2.26. The van der Waals surface area contributed by atoms with E-state index in [1.54, 1.807) is 5.51 Å². The second-order valence-corrected chi connectivity index (χ2v) is 6.15. The summed E-state index contributed by atoms with van der Waals surface area (Å²) in [6.07, 6.45) is -0.0973. The largest absolute Gasteiger partial charge is 0.451 e. The minimum absolute atomic E-state index is 0.374. The summed E-state index contributed by atoms with van der Waals surface area (Å²) in [5, 5.41) is 1.89. The molecule has 3 rings (SSSR count). The number of hydrogen-bond donors (Lipinski definition) is 1. The Bertz CT molecular complexity index is 721. The van der Waals surface area contributed by atoms with Crippen molar-refractivity contribution in [2.45, 2.75) is 18.6 Å². The van der Waals surface area contributed by atoms with Gasteiger partial charge in [0, 0.05) is 11.8 Å². The normalized spacial score (nSPS) is 12.1. The van der Waals surface area contributed by atoms with E-state index in [2.05, 4.69) is 4.98 Å². The number of hydrogen-bond acceptors (Lipinski definition) is 5. The molecule has 24 heavy (non-hydrogen) atoms. The third-order valence-corrected chi connectivity index (χ3v) is 4.29. The fourth-order valence-electron chi connectivity index (χ4n) is 2.43. The molecule has 0 saturated carbocycles. The summed E-state index contributed by atoms with van der Waals surface area (Å²) in [5.41, 5.74) is 10.4. The smallest absolute Gasteiger partial charge is 0.324 e. The number of esters is 1. The third kappa shape index (κ3) is 4.07. The maximum absolute atomic E-state index is 12.5. The van der Waals surface area contributed by atoms with Gasteiger partial charge in [-0.3, -0.25) is 4.79 Å². The van der Waals surface area contributed by atoms with Gasteiger partial charge in [0.25, 0.3) is 0 Å². The summed E-state index contributed by atoms with van der Waals surface area (Å²) in [7, 11) is 0. The van der Waals surface area contributed by atoms with Gasteiger partial charge in [0.05, 0.1) is 11.2 Å². The molecule has 0 radical (unpaired) electrons. The van der Waals surface area contributed by atoms with Crippen molar-refractivity contribution < 1.29 is 9.53 Å². The van der Waals surface area contributed by atoms with Crippen LogP contribution in [0.4, 0.5) is 0 Å². The number of carbonyl (C=O) groups is 1. The zero-order chi connectivity index (χ0) is 16.8. The average Bonchev–Trinajstić information content (AvgIpc) is 3.14. The monoisotopic (exact) mass is 338 g/mol. The van der Waals surface area contributed by atoms with Crippen molar-refractivity contribution in [3.05, 3.63) is 88.4 Å². The van der Waals surface area contributed by atoms with Crippen LogP contribution in [0.15, 0.2) is 71.6 Å². The van der Waals surface area contributed by atoms with Crippen LogP contribution in [0.2, 0.25) is 0 Å². The van der Waals surface area contributed by atoms with Gasteiger partial charge in [-0.2, -0.15) is 0 Å². The molecule has 0 spiro atoms. The highest BCUT2D eigenvalue weighted by atomic mass is 32.1. The Kier molecular flexibility index (Phi) is 5.36. The van der Waals surface area contributed by atoms with Gasteiger partial charge in [-0.05, 0) is 11.1 Å². The molecule has 2 aromatic carbocycles. The van der Waals surface area contributed by atoms with E-state index < -0.39 is 18.1 Å². The minimum Gasteiger partial charge on any atom is -0.451 e. The summed E-state index contributed by atoms with van der Waals surface area (Å²) in [4.78, 5) is 16.6. The maximum Gasteiger partial charge on any atom is 0.324 e. The SMILES string of the molecule is NC(Cc1cscn1)C(=O)OC(c1ccccc1)c1ccccc1. The number of nitrogens with two attached hydrogens (primary N) is 1. The number of thiazole rings is 1. The van der Waals surface area contributed by atoms with Crippen molar-refractivity contribution in [1.29, 1.82) is 0 Å². The second-order valence-electron chi connectivity index (χ2n) is 5.43. The highest BCUT2D eigenvalue weighted by molar-refractivity contribution is 7.07. The molecule has 1 aromatic heterocycles. The lowest BCUT2D eigenvalue weighted by Gasteiger charge is -2.21. The van der Waals surface area contributed by atoms with Crippen molar-refractivity contribution in [3.8, 4) is 0 Å². The summed E-state index contributed by atoms with van der Waals surface area (Å²) < 4.78 is 5.74. The molecule has 2 N–H and O–H groups in total. The molecule has 1 atom stereocenters. The highest BCUT2D eigenvalue weighted by Gasteiger charge is 2.23. The van der Waals surface area contributed by atoms with E-state index in [4.69, 9.17) is 10.5 Å². The fraction of sp³-hybridized carbons (Fsp3) is 0.158. The van der Waals surface area contributed by atoms with E-state index in [9.17, 15) is 4.79 Å². The van der Waals surface area contributed by atoms with Crippen LogP contribution in [-0.4, -0.2) is 17.0 Å². The lowest BCUT2D eigenvalue weighted by molar-refractivity contribution is -0.149. The molecule has 0 aliphatic heterocycles. The van der Waals surface area contributed by atoms with E-state index in [1.165, 1.54) is 11.3 Å². The maximum atomic E-state index is 12.5. The molecule has 4 nitrogen and oxygen atoms in total. The first-order chi connectivity index (χ1) is 11.7. The quantitative estimate of drug-likeness (QED) is 0.700. The van der Waals surface area contributed by atoms with Crippen molar-refractivity contribution in [1.82, 2.24) is 4.98 Å². The molecule has 1 unspecified atom stereocenters. The first-order valence-electron chi connectivity index (χ1n) is 7.67. The second kappa shape index (κ2) is 7.86. The Hall–Kier alpha value is -2.50. The Morgan fingerprint density at radius 3 is 2.12 bits per heavy atom. The van der Waals surface area contributed by atoms with Gasteiger partial charge in [0.15, 0.2) is 6.10 Å². The zero-order valence-corrected chi connectivity index (χ0v) is 13.9. The van der Waals surface area contributed by atoms with Crippen LogP contribution in [0.25, 0.3) is 0 Å². The molecular formula is C19H18N2O2S. The Morgan fingerprint density at radius 1 is 1.04 bits per heavy atom. The van der Waals surface area contributed by atoms with E-state index >= 15 is 0 Å². The van der Waals surface area contributed by atoms with Crippen LogP contribution in [0.3, 0.4) is 0 Å². The number of rotatable bonds is 6. The van der Waals surface area contributed by atoms with E-state index in [0.717, 1.165) is 16.8 Å². The van der Waals surface area contributed by atoms with Gasteiger partial charge in [0.2, 0.25) is 0 Å². The van der Waals surface area contributed by atoms with Gasteiger partial charge in [-0.15, -0.1) is 11.3 Å². The van der Waals surface area contributed by atoms with Gasteiger partial charge >= 0.3 is 5.97 Å². The molecular weight excluding hydrogens is 320 g/mol. The molecule has 0 aliphatic rings. The predicted octanol–water partition coefficient (Wildman–Crippen LogP) is 3.35. The summed E-state index contributed by atoms with van der Waals surface area (Å²) in [5.74, 6) is -0.430. The molecule has 1 heterocycles. The number of nitrogens with zero attached hydrogens (tertiary/aromatic N) is 1. The molecule has 3 aromatic rings. The predicted molar refractivity (Wildman–Crippen MR) is 94.6 cm³/mol. The summed E-state index contributed by atoms with van der Waals surface area (Å²) in [6, 6.07) is 18.6. The van der Waals surface area contributed by atoms with Crippen LogP contribution >= 0.6 is 11.3 Å².